The van der Waals surface area contributed by atoms with Gasteiger partial charge in [0.05, 0.1) is 5.69 Å². The summed E-state index contributed by atoms with van der Waals surface area (Å²) >= 11 is 0. The Bertz CT molecular complexity index is 415. The van der Waals surface area contributed by atoms with E-state index >= 15 is 0 Å². The van der Waals surface area contributed by atoms with E-state index in [1.54, 1.807) is 25.1 Å². The summed E-state index contributed by atoms with van der Waals surface area (Å²) in [7, 11) is 0. The Balaban J connectivity index is 3.26. The summed E-state index contributed by atoms with van der Waals surface area (Å²) in [5.41, 5.74) is 12.1. The molecule has 0 unspecified atom stereocenters. The number of anilines is 1. The molecule has 0 radical (unpaired) electrons. The zero-order valence-electron chi connectivity index (χ0n) is 8.19. The van der Waals surface area contributed by atoms with Gasteiger partial charge in [-0.1, -0.05) is 17.3 Å². The molecule has 2 amide bonds. The molecule has 0 aliphatic carbocycles. The average molecular weight is 208 g/mol. The molecule has 6 nitrogen and oxygen atoms in total. The molecule has 0 spiro atoms. The minimum absolute atomic E-state index is 0.0724. The number of nitrogens with one attached hydrogen (secondary N) is 1. The van der Waals surface area contributed by atoms with Crippen LogP contribution >= 0.6 is 0 Å². The highest BCUT2D eigenvalue weighted by Crippen LogP contribution is 2.18. The van der Waals surface area contributed by atoms with E-state index in [9.17, 15) is 4.79 Å². The average Bonchev–Trinajstić information content (AvgIpc) is 2.16. The van der Waals surface area contributed by atoms with Crippen LogP contribution in [0.25, 0.3) is 0 Å². The molecule has 0 heterocycles. The number of oxime groups is 1. The third-order valence-electron chi connectivity index (χ3n) is 1.89. The van der Waals surface area contributed by atoms with Gasteiger partial charge in [-0.15, -0.1) is 0 Å². The van der Waals surface area contributed by atoms with Gasteiger partial charge in [0.1, 0.15) is 0 Å². The molecule has 0 saturated heterocycles. The number of amidine groups is 1. The SMILES string of the molecule is Cc1cccc(NC(N)=O)c1/C(N)=N/O. The number of hydrogen-bond donors (Lipinski definition) is 4. The van der Waals surface area contributed by atoms with Gasteiger partial charge in [-0.25, -0.2) is 4.79 Å². The van der Waals surface area contributed by atoms with E-state index in [1.165, 1.54) is 0 Å². The highest BCUT2D eigenvalue weighted by molar-refractivity contribution is 6.06. The van der Waals surface area contributed by atoms with Crippen LogP contribution in [0.1, 0.15) is 11.1 Å². The fourth-order valence-corrected chi connectivity index (χ4v) is 1.29. The van der Waals surface area contributed by atoms with Gasteiger partial charge in [0.2, 0.25) is 0 Å². The maximum Gasteiger partial charge on any atom is 0.316 e. The molecule has 0 aliphatic heterocycles. The number of amides is 2. The highest BCUT2D eigenvalue weighted by atomic mass is 16.4. The number of primary amides is 1. The molecular weight excluding hydrogens is 196 g/mol. The standard InChI is InChI=1S/C9H12N4O2/c1-5-3-2-4-6(12-9(11)14)7(5)8(10)13-15/h2-4,15H,1H3,(H2,10,13)(H3,11,12,14). The summed E-state index contributed by atoms with van der Waals surface area (Å²) in [6.07, 6.45) is 0. The van der Waals surface area contributed by atoms with Crippen molar-refractivity contribution in [3.63, 3.8) is 0 Å². The summed E-state index contributed by atoms with van der Waals surface area (Å²) in [6.45, 7) is 1.78. The van der Waals surface area contributed by atoms with Crippen LogP contribution in [0.3, 0.4) is 0 Å². The Morgan fingerprint density at radius 1 is 1.47 bits per heavy atom. The zero-order chi connectivity index (χ0) is 11.4. The lowest BCUT2D eigenvalue weighted by molar-refractivity contribution is 0.259. The number of aryl methyl sites for hydroxylation is 1. The van der Waals surface area contributed by atoms with Gasteiger partial charge >= 0.3 is 6.03 Å². The Hall–Kier alpha value is -2.24. The van der Waals surface area contributed by atoms with Crippen LogP contribution in [0, 0.1) is 6.92 Å². The normalized spacial score (nSPS) is 11.1. The van der Waals surface area contributed by atoms with Crippen molar-refractivity contribution in [3.05, 3.63) is 29.3 Å². The molecule has 0 aromatic heterocycles. The van der Waals surface area contributed by atoms with Crippen molar-refractivity contribution < 1.29 is 10.0 Å². The number of hydrogen-bond acceptors (Lipinski definition) is 3. The van der Waals surface area contributed by atoms with E-state index in [4.69, 9.17) is 16.7 Å². The third kappa shape index (κ3) is 2.37. The second-order valence-electron chi connectivity index (χ2n) is 2.97. The largest absolute Gasteiger partial charge is 0.409 e. The van der Waals surface area contributed by atoms with Crippen LogP contribution in [0.15, 0.2) is 23.4 Å². The van der Waals surface area contributed by atoms with Crippen LogP contribution in [0.4, 0.5) is 10.5 Å². The number of carbonyl (C=O) groups is 1. The molecule has 1 aromatic rings. The van der Waals surface area contributed by atoms with Gasteiger partial charge in [0.25, 0.3) is 0 Å². The smallest absolute Gasteiger partial charge is 0.316 e. The van der Waals surface area contributed by atoms with Crippen molar-refractivity contribution in [1.29, 1.82) is 0 Å². The lowest BCUT2D eigenvalue weighted by Crippen LogP contribution is -2.23. The van der Waals surface area contributed by atoms with Crippen molar-refractivity contribution in [2.75, 3.05) is 5.32 Å². The number of carbonyl (C=O) groups excluding carboxylic acids is 1. The predicted octanol–water partition coefficient (Wildman–Crippen LogP) is 0.580. The van der Waals surface area contributed by atoms with Crippen molar-refractivity contribution in [2.24, 2.45) is 16.6 Å². The van der Waals surface area contributed by atoms with E-state index in [0.29, 0.717) is 11.3 Å². The van der Waals surface area contributed by atoms with Crippen molar-refractivity contribution in [2.45, 2.75) is 6.92 Å². The fourth-order valence-electron chi connectivity index (χ4n) is 1.29. The summed E-state index contributed by atoms with van der Waals surface area (Å²) < 4.78 is 0. The summed E-state index contributed by atoms with van der Waals surface area (Å²) in [5.74, 6) is -0.0724. The second-order valence-corrected chi connectivity index (χ2v) is 2.97. The number of nitrogens with two attached hydrogens (primary N) is 2. The topological polar surface area (TPSA) is 114 Å². The van der Waals surface area contributed by atoms with Gasteiger partial charge in [-0.05, 0) is 18.6 Å². The molecule has 0 atom stereocenters. The summed E-state index contributed by atoms with van der Waals surface area (Å²) in [6, 6.07) is 4.42. The maximum atomic E-state index is 10.7. The molecule has 0 saturated carbocycles. The zero-order valence-corrected chi connectivity index (χ0v) is 8.19. The molecule has 0 bridgehead atoms. The van der Waals surface area contributed by atoms with Crippen molar-refractivity contribution in [1.82, 2.24) is 0 Å². The Labute approximate surface area is 86.6 Å². The highest BCUT2D eigenvalue weighted by Gasteiger charge is 2.10. The lowest BCUT2D eigenvalue weighted by Gasteiger charge is -2.10. The second kappa shape index (κ2) is 4.32. The van der Waals surface area contributed by atoms with Crippen LogP contribution in [-0.4, -0.2) is 17.1 Å². The molecule has 1 aromatic carbocycles. The molecule has 6 N–H and O–H groups in total. The van der Waals surface area contributed by atoms with Gasteiger partial charge in [-0.2, -0.15) is 0 Å². The van der Waals surface area contributed by atoms with Crippen LogP contribution < -0.4 is 16.8 Å². The van der Waals surface area contributed by atoms with Gasteiger partial charge < -0.3 is 22.0 Å². The number of rotatable bonds is 2. The first kappa shape index (κ1) is 10.8. The van der Waals surface area contributed by atoms with Crippen LogP contribution in [0.2, 0.25) is 0 Å². The Morgan fingerprint density at radius 2 is 2.13 bits per heavy atom. The van der Waals surface area contributed by atoms with E-state index in [0.717, 1.165) is 5.56 Å². The maximum absolute atomic E-state index is 10.7. The number of nitrogens with zero attached hydrogens (tertiary/aromatic N) is 1. The minimum Gasteiger partial charge on any atom is -0.409 e. The molecule has 80 valence electrons. The molecule has 6 heteroatoms. The monoisotopic (exact) mass is 208 g/mol. The van der Waals surface area contributed by atoms with Crippen molar-refractivity contribution in [3.8, 4) is 0 Å². The Morgan fingerprint density at radius 3 is 2.67 bits per heavy atom. The van der Waals surface area contributed by atoms with E-state index < -0.39 is 6.03 Å². The first-order chi connectivity index (χ1) is 7.06. The van der Waals surface area contributed by atoms with Gasteiger partial charge in [-0.3, -0.25) is 0 Å². The fraction of sp³-hybridized carbons (Fsp3) is 0.111. The van der Waals surface area contributed by atoms with E-state index in [-0.39, 0.29) is 5.84 Å². The van der Waals surface area contributed by atoms with Gasteiger partial charge in [0, 0.05) is 5.56 Å². The first-order valence-electron chi connectivity index (χ1n) is 4.20. The van der Waals surface area contributed by atoms with Gasteiger partial charge in [0.15, 0.2) is 5.84 Å². The molecular formula is C9H12N4O2. The third-order valence-corrected chi connectivity index (χ3v) is 1.89. The predicted molar refractivity (Wildman–Crippen MR) is 56.9 cm³/mol. The quantitative estimate of drug-likeness (QED) is 0.246. The van der Waals surface area contributed by atoms with E-state index in [1.807, 2.05) is 0 Å². The number of benzene rings is 1. The van der Waals surface area contributed by atoms with E-state index in [2.05, 4.69) is 10.5 Å². The molecule has 0 aliphatic rings. The molecule has 0 fully saturated rings. The minimum atomic E-state index is -0.701. The van der Waals surface area contributed by atoms with Crippen LogP contribution in [0.5, 0.6) is 0 Å². The summed E-state index contributed by atoms with van der Waals surface area (Å²) in [4.78, 5) is 10.7. The molecule has 15 heavy (non-hydrogen) atoms. The van der Waals surface area contributed by atoms with Crippen LogP contribution in [-0.2, 0) is 0 Å². The Kier molecular flexibility index (Phi) is 3.12. The summed E-state index contributed by atoms with van der Waals surface area (Å²) in [5, 5.41) is 13.9. The van der Waals surface area contributed by atoms with Crippen molar-refractivity contribution >= 4 is 17.6 Å². The first-order valence-corrected chi connectivity index (χ1v) is 4.20. The molecule has 1 rings (SSSR count). The number of urea groups is 1. The lowest BCUT2D eigenvalue weighted by atomic mass is 10.1.